The summed E-state index contributed by atoms with van der Waals surface area (Å²) in [6.07, 6.45) is 1.38. The smallest absolute Gasteiger partial charge is 0.266 e. The molecule has 1 N–H and O–H groups in total. The van der Waals surface area contributed by atoms with Crippen LogP contribution in [0.3, 0.4) is 0 Å². The second-order valence-corrected chi connectivity index (χ2v) is 7.20. The molecule has 0 saturated carbocycles. The number of amides is 1. The zero-order valence-corrected chi connectivity index (χ0v) is 15.1. The van der Waals surface area contributed by atoms with Gasteiger partial charge in [-0.15, -0.1) is 11.8 Å². The van der Waals surface area contributed by atoms with Crippen molar-refractivity contribution in [3.05, 3.63) is 34.4 Å². The lowest BCUT2D eigenvalue weighted by Crippen LogP contribution is -2.30. The summed E-state index contributed by atoms with van der Waals surface area (Å²) < 4.78 is 7.58. The maximum Gasteiger partial charge on any atom is 0.266 e. The Hall–Kier alpha value is -1.05. The number of hydrogen-bond acceptors (Lipinski definition) is 5. The first-order chi connectivity index (χ1) is 10.0. The number of anilines is 1. The van der Waals surface area contributed by atoms with Gasteiger partial charge in [-0.25, -0.2) is 4.98 Å². The fraction of sp³-hybridized carbons (Fsp3) is 0.286. The van der Waals surface area contributed by atoms with Gasteiger partial charge in [-0.3, -0.25) is 10.1 Å². The Bertz CT molecular complexity index is 646. The van der Waals surface area contributed by atoms with Crippen molar-refractivity contribution >= 4 is 50.1 Å². The van der Waals surface area contributed by atoms with Gasteiger partial charge in [0.15, 0.2) is 11.2 Å². The van der Waals surface area contributed by atoms with Gasteiger partial charge in [0.05, 0.1) is 14.4 Å². The monoisotopic (exact) mass is 386 g/mol. The second-order valence-electron chi connectivity index (χ2n) is 4.28. The molecule has 0 spiro atoms. The van der Waals surface area contributed by atoms with Gasteiger partial charge in [-0.05, 0) is 48.2 Å². The van der Waals surface area contributed by atoms with E-state index in [2.05, 4.69) is 26.2 Å². The zero-order valence-electron chi connectivity index (χ0n) is 11.8. The quantitative estimate of drug-likeness (QED) is 0.776. The topological polar surface area (TPSA) is 51.2 Å². The molecule has 0 radical (unpaired) electrons. The Labute approximate surface area is 140 Å². The minimum Gasteiger partial charge on any atom is -0.480 e. The van der Waals surface area contributed by atoms with Crippen molar-refractivity contribution in [1.29, 1.82) is 0 Å². The molecular formula is C14H15BrN2O2S2. The lowest BCUT2D eigenvalue weighted by atomic mass is 10.3. The average Bonchev–Trinajstić information content (AvgIpc) is 2.81. The van der Waals surface area contributed by atoms with E-state index < -0.39 is 6.10 Å². The molecule has 2 aromatic rings. The van der Waals surface area contributed by atoms with Crippen molar-refractivity contribution in [2.45, 2.75) is 24.2 Å². The minimum atomic E-state index is -0.606. The van der Waals surface area contributed by atoms with Crippen LogP contribution < -0.4 is 10.1 Å². The summed E-state index contributed by atoms with van der Waals surface area (Å²) in [5.74, 6) is 0.424. The van der Waals surface area contributed by atoms with Crippen LogP contribution in [0.15, 0.2) is 32.9 Å². The van der Waals surface area contributed by atoms with Crippen LogP contribution in [0.1, 0.15) is 12.6 Å². The number of aryl methyl sites for hydroxylation is 1. The van der Waals surface area contributed by atoms with Gasteiger partial charge in [-0.1, -0.05) is 23.5 Å². The molecule has 0 aliphatic carbocycles. The summed E-state index contributed by atoms with van der Waals surface area (Å²) in [6.45, 7) is 3.64. The number of nitrogens with one attached hydrogen (secondary N) is 1. The third-order valence-electron chi connectivity index (χ3n) is 2.68. The molecule has 1 heterocycles. The van der Waals surface area contributed by atoms with Crippen LogP contribution >= 0.6 is 39.0 Å². The van der Waals surface area contributed by atoms with E-state index in [1.165, 1.54) is 11.3 Å². The van der Waals surface area contributed by atoms with E-state index in [1.807, 2.05) is 37.4 Å². The Kier molecular flexibility index (Phi) is 5.66. The number of aromatic nitrogens is 1. The Morgan fingerprint density at radius 3 is 2.81 bits per heavy atom. The molecule has 0 saturated heterocycles. The number of halogens is 1. The number of hydrogen-bond donors (Lipinski definition) is 1. The molecule has 0 aliphatic rings. The third kappa shape index (κ3) is 4.21. The summed E-state index contributed by atoms with van der Waals surface area (Å²) in [6, 6.07) is 7.44. The van der Waals surface area contributed by atoms with Gasteiger partial charge in [-0.2, -0.15) is 0 Å². The number of thioether (sulfide) groups is 1. The first-order valence-corrected chi connectivity index (χ1v) is 9.08. The van der Waals surface area contributed by atoms with Crippen molar-refractivity contribution < 1.29 is 9.53 Å². The maximum absolute atomic E-state index is 12.1. The van der Waals surface area contributed by atoms with Crippen LogP contribution in [0, 0.1) is 6.92 Å². The van der Waals surface area contributed by atoms with Crippen molar-refractivity contribution in [2.75, 3.05) is 11.6 Å². The molecule has 2 rings (SSSR count). The van der Waals surface area contributed by atoms with Gasteiger partial charge in [0, 0.05) is 0 Å². The standard InChI is InChI=1S/C14H15BrN2O2S2/c1-8-13(20-3)21-14(16-8)17-12(18)9(2)19-11-7-5-4-6-10(11)15/h4-7,9H,1-3H3,(H,16,17,18). The highest BCUT2D eigenvalue weighted by molar-refractivity contribution is 9.10. The lowest BCUT2D eigenvalue weighted by Gasteiger charge is -2.14. The van der Waals surface area contributed by atoms with Crippen LogP contribution in [0.25, 0.3) is 0 Å². The van der Waals surface area contributed by atoms with Crippen LogP contribution in [-0.4, -0.2) is 23.3 Å². The molecule has 1 amide bonds. The number of benzene rings is 1. The normalized spacial score (nSPS) is 12.0. The Morgan fingerprint density at radius 1 is 1.48 bits per heavy atom. The molecule has 1 atom stereocenters. The number of ether oxygens (including phenoxy) is 1. The van der Waals surface area contributed by atoms with E-state index in [-0.39, 0.29) is 5.91 Å². The fourth-order valence-electron chi connectivity index (χ4n) is 1.62. The van der Waals surface area contributed by atoms with Crippen LogP contribution in [0.4, 0.5) is 5.13 Å². The third-order valence-corrected chi connectivity index (χ3v) is 5.62. The summed E-state index contributed by atoms with van der Waals surface area (Å²) in [5.41, 5.74) is 0.933. The highest BCUT2D eigenvalue weighted by atomic mass is 79.9. The average molecular weight is 387 g/mol. The molecule has 21 heavy (non-hydrogen) atoms. The van der Waals surface area contributed by atoms with E-state index >= 15 is 0 Å². The summed E-state index contributed by atoms with van der Waals surface area (Å²) in [4.78, 5) is 16.5. The number of carbonyl (C=O) groups is 1. The van der Waals surface area contributed by atoms with Crippen LogP contribution in [-0.2, 0) is 4.79 Å². The second kappa shape index (κ2) is 7.29. The van der Waals surface area contributed by atoms with Crippen molar-refractivity contribution in [2.24, 2.45) is 0 Å². The van der Waals surface area contributed by atoms with Crippen molar-refractivity contribution in [3.8, 4) is 5.75 Å². The van der Waals surface area contributed by atoms with Gasteiger partial charge in [0.1, 0.15) is 5.75 Å². The number of para-hydroxylation sites is 1. The van der Waals surface area contributed by atoms with Crippen LogP contribution in [0.2, 0.25) is 0 Å². The molecule has 0 bridgehead atoms. The number of nitrogens with zero attached hydrogens (tertiary/aromatic N) is 1. The van der Waals surface area contributed by atoms with Gasteiger partial charge in [0.2, 0.25) is 0 Å². The van der Waals surface area contributed by atoms with Crippen LogP contribution in [0.5, 0.6) is 5.75 Å². The lowest BCUT2D eigenvalue weighted by molar-refractivity contribution is -0.122. The van der Waals surface area contributed by atoms with Gasteiger partial charge >= 0.3 is 0 Å². The zero-order chi connectivity index (χ0) is 15.4. The predicted molar refractivity (Wildman–Crippen MR) is 91.5 cm³/mol. The summed E-state index contributed by atoms with van der Waals surface area (Å²) in [7, 11) is 0. The van der Waals surface area contributed by atoms with Crippen molar-refractivity contribution in [3.63, 3.8) is 0 Å². The van der Waals surface area contributed by atoms with E-state index in [1.54, 1.807) is 18.7 Å². The Balaban J connectivity index is 2.01. The number of rotatable bonds is 5. The minimum absolute atomic E-state index is 0.216. The molecule has 112 valence electrons. The molecule has 1 aromatic carbocycles. The molecule has 1 aromatic heterocycles. The first kappa shape index (κ1) is 16.3. The largest absolute Gasteiger partial charge is 0.480 e. The van der Waals surface area contributed by atoms with E-state index in [0.717, 1.165) is 14.4 Å². The highest BCUT2D eigenvalue weighted by Crippen LogP contribution is 2.30. The summed E-state index contributed by atoms with van der Waals surface area (Å²) in [5, 5.41) is 3.39. The molecular weight excluding hydrogens is 372 g/mol. The molecule has 0 fully saturated rings. The predicted octanol–water partition coefficient (Wildman–Crippen LogP) is 4.34. The first-order valence-electron chi connectivity index (χ1n) is 6.24. The summed E-state index contributed by atoms with van der Waals surface area (Å²) >= 11 is 6.49. The highest BCUT2D eigenvalue weighted by Gasteiger charge is 2.18. The number of carbonyl (C=O) groups excluding carboxylic acids is 1. The molecule has 4 nitrogen and oxygen atoms in total. The molecule has 0 aliphatic heterocycles. The van der Waals surface area contributed by atoms with Gasteiger partial charge in [0.25, 0.3) is 5.91 Å². The maximum atomic E-state index is 12.1. The Morgan fingerprint density at radius 2 is 2.19 bits per heavy atom. The van der Waals surface area contributed by atoms with E-state index in [4.69, 9.17) is 4.74 Å². The molecule has 7 heteroatoms. The SMILES string of the molecule is CSc1sc(NC(=O)C(C)Oc2ccccc2Br)nc1C. The van der Waals surface area contributed by atoms with Gasteiger partial charge < -0.3 is 4.74 Å². The molecule has 1 unspecified atom stereocenters. The van der Waals surface area contributed by atoms with E-state index in [9.17, 15) is 4.79 Å². The van der Waals surface area contributed by atoms with E-state index in [0.29, 0.717) is 10.9 Å². The van der Waals surface area contributed by atoms with Crippen molar-refractivity contribution in [1.82, 2.24) is 4.98 Å². The number of thiazole rings is 1. The fourth-order valence-corrected chi connectivity index (χ4v) is 3.61.